The van der Waals surface area contributed by atoms with Crippen LogP contribution in [0.15, 0.2) is 34.7 Å². The fourth-order valence-electron chi connectivity index (χ4n) is 2.53. The van der Waals surface area contributed by atoms with Crippen LogP contribution in [0.1, 0.15) is 16.7 Å². The van der Waals surface area contributed by atoms with Crippen molar-refractivity contribution in [1.82, 2.24) is 10.2 Å². The second kappa shape index (κ2) is 9.41. The summed E-state index contributed by atoms with van der Waals surface area (Å²) < 4.78 is 0.598. The summed E-state index contributed by atoms with van der Waals surface area (Å²) >= 11 is 8.63. The lowest BCUT2D eigenvalue weighted by atomic mass is 10.1. The predicted octanol–water partition coefficient (Wildman–Crippen LogP) is 5.50. The second-order valence-electron chi connectivity index (χ2n) is 6.46. The zero-order chi connectivity index (χ0) is 21.8. The molecule has 11 heteroatoms. The zero-order valence-electron chi connectivity index (χ0n) is 16.4. The van der Waals surface area contributed by atoms with Crippen LogP contribution in [0.2, 0.25) is 5.02 Å². The molecule has 0 saturated carbocycles. The second-order valence-corrected chi connectivity index (χ2v) is 9.06. The highest BCUT2D eigenvalue weighted by Gasteiger charge is 2.19. The maximum atomic E-state index is 12.4. The van der Waals surface area contributed by atoms with Crippen LogP contribution in [0.4, 0.5) is 22.2 Å². The van der Waals surface area contributed by atoms with E-state index in [2.05, 4.69) is 20.8 Å². The summed E-state index contributed by atoms with van der Waals surface area (Å²) in [5.41, 5.74) is 3.39. The molecule has 1 aromatic heterocycles. The zero-order valence-corrected chi connectivity index (χ0v) is 18.7. The monoisotopic (exact) mass is 463 g/mol. The van der Waals surface area contributed by atoms with Gasteiger partial charge in [-0.2, -0.15) is 0 Å². The first-order valence-electron chi connectivity index (χ1n) is 8.78. The highest BCUT2D eigenvalue weighted by atomic mass is 35.5. The number of nitro groups is 1. The SMILES string of the molecule is Cc1ccc(Nc2nnc(SCC(=O)Nc3c([N+](=O)[O-])ccc(C)c3C)s2)cc1Cl. The molecule has 156 valence electrons. The number of hydrogen-bond donors (Lipinski definition) is 2. The molecule has 1 heterocycles. The van der Waals surface area contributed by atoms with E-state index in [9.17, 15) is 14.9 Å². The molecule has 1 amide bonds. The number of hydrogen-bond acceptors (Lipinski definition) is 8. The van der Waals surface area contributed by atoms with Crippen LogP contribution in [0.5, 0.6) is 0 Å². The third kappa shape index (κ3) is 5.26. The van der Waals surface area contributed by atoms with Crippen molar-refractivity contribution in [2.24, 2.45) is 0 Å². The highest BCUT2D eigenvalue weighted by molar-refractivity contribution is 8.01. The van der Waals surface area contributed by atoms with Gasteiger partial charge in [-0.15, -0.1) is 10.2 Å². The summed E-state index contributed by atoms with van der Waals surface area (Å²) in [7, 11) is 0. The Labute approximate surface area is 186 Å². The quantitative estimate of drug-likeness (QED) is 0.270. The van der Waals surface area contributed by atoms with Crippen LogP contribution < -0.4 is 10.6 Å². The molecular formula is C19H18ClN5O3S2. The first kappa shape index (κ1) is 22.0. The van der Waals surface area contributed by atoms with Gasteiger partial charge in [-0.3, -0.25) is 14.9 Å². The van der Waals surface area contributed by atoms with Gasteiger partial charge < -0.3 is 10.6 Å². The van der Waals surface area contributed by atoms with Crippen LogP contribution in [0, 0.1) is 30.9 Å². The molecule has 3 rings (SSSR count). The number of rotatable bonds is 7. The summed E-state index contributed by atoms with van der Waals surface area (Å²) in [5, 5.41) is 26.4. The lowest BCUT2D eigenvalue weighted by Crippen LogP contribution is -2.16. The summed E-state index contributed by atoms with van der Waals surface area (Å²) in [4.78, 5) is 23.1. The maximum absolute atomic E-state index is 12.4. The molecule has 0 atom stereocenters. The van der Waals surface area contributed by atoms with Gasteiger partial charge in [0.25, 0.3) is 5.69 Å². The molecule has 0 spiro atoms. The number of carbonyl (C=O) groups excluding carboxylic acids is 1. The number of nitrogens with one attached hydrogen (secondary N) is 2. The molecule has 0 fully saturated rings. The van der Waals surface area contributed by atoms with Crippen molar-refractivity contribution in [3.63, 3.8) is 0 Å². The van der Waals surface area contributed by atoms with Gasteiger partial charge in [-0.25, -0.2) is 0 Å². The minimum Gasteiger partial charge on any atom is -0.330 e. The van der Waals surface area contributed by atoms with Crippen LogP contribution >= 0.6 is 34.7 Å². The van der Waals surface area contributed by atoms with Crippen molar-refractivity contribution in [3.8, 4) is 0 Å². The van der Waals surface area contributed by atoms with Gasteiger partial charge in [-0.05, 0) is 49.6 Å². The first-order chi connectivity index (χ1) is 14.2. The summed E-state index contributed by atoms with van der Waals surface area (Å²) in [6.45, 7) is 5.50. The maximum Gasteiger partial charge on any atom is 0.293 e. The number of thioether (sulfide) groups is 1. The first-order valence-corrected chi connectivity index (χ1v) is 11.0. The van der Waals surface area contributed by atoms with E-state index in [-0.39, 0.29) is 23.0 Å². The van der Waals surface area contributed by atoms with Crippen molar-refractivity contribution >= 4 is 62.8 Å². The number of carbonyl (C=O) groups is 1. The Morgan fingerprint density at radius 1 is 1.20 bits per heavy atom. The average molecular weight is 464 g/mol. The minimum absolute atomic E-state index is 0.0511. The standard InChI is InChI=1S/C19H18ClN5O3S2/c1-10-5-7-15(25(27)28)17(12(10)3)22-16(26)9-29-19-24-23-18(30-19)21-13-6-4-11(2)14(20)8-13/h4-8H,9H2,1-3H3,(H,21,23)(H,22,26). The smallest absolute Gasteiger partial charge is 0.293 e. The molecule has 0 aliphatic rings. The fraction of sp³-hybridized carbons (Fsp3) is 0.211. The Morgan fingerprint density at radius 2 is 1.93 bits per heavy atom. The van der Waals surface area contributed by atoms with E-state index in [1.54, 1.807) is 19.1 Å². The van der Waals surface area contributed by atoms with Crippen LogP contribution in [-0.2, 0) is 4.79 Å². The molecule has 8 nitrogen and oxygen atoms in total. The number of aromatic nitrogens is 2. The number of nitrogens with zero attached hydrogens (tertiary/aromatic N) is 3. The van der Waals surface area contributed by atoms with E-state index in [4.69, 9.17) is 11.6 Å². The summed E-state index contributed by atoms with van der Waals surface area (Å²) in [6.07, 6.45) is 0. The number of halogens is 1. The van der Waals surface area contributed by atoms with Crippen molar-refractivity contribution < 1.29 is 9.72 Å². The molecule has 0 radical (unpaired) electrons. The molecule has 3 aromatic rings. The van der Waals surface area contributed by atoms with E-state index in [0.29, 0.717) is 20.1 Å². The lowest BCUT2D eigenvalue weighted by Gasteiger charge is -2.10. The Balaban J connectivity index is 1.62. The Hall–Kier alpha value is -2.69. The van der Waals surface area contributed by atoms with Gasteiger partial charge in [0.1, 0.15) is 5.69 Å². The Morgan fingerprint density at radius 3 is 2.63 bits per heavy atom. The van der Waals surface area contributed by atoms with Crippen LogP contribution in [0.25, 0.3) is 0 Å². The number of aryl methyl sites for hydroxylation is 2. The Bertz CT molecular complexity index is 1120. The van der Waals surface area contributed by atoms with E-state index in [0.717, 1.165) is 16.8 Å². The Kier molecular flexibility index (Phi) is 6.91. The van der Waals surface area contributed by atoms with Crippen LogP contribution in [-0.4, -0.2) is 26.8 Å². The van der Waals surface area contributed by atoms with Crippen molar-refractivity contribution in [2.75, 3.05) is 16.4 Å². The van der Waals surface area contributed by atoms with Gasteiger partial charge >= 0.3 is 0 Å². The molecule has 0 aliphatic carbocycles. The molecule has 30 heavy (non-hydrogen) atoms. The van der Waals surface area contributed by atoms with Gasteiger partial charge in [0.05, 0.1) is 10.7 Å². The highest BCUT2D eigenvalue weighted by Crippen LogP contribution is 2.32. The van der Waals surface area contributed by atoms with Crippen molar-refractivity contribution in [3.05, 3.63) is 62.2 Å². The third-order valence-electron chi connectivity index (χ3n) is 4.33. The summed E-state index contributed by atoms with van der Waals surface area (Å²) in [5.74, 6) is -0.304. The van der Waals surface area contributed by atoms with Crippen molar-refractivity contribution in [1.29, 1.82) is 0 Å². The molecular weight excluding hydrogens is 446 g/mol. The average Bonchev–Trinajstić information content (AvgIpc) is 3.14. The number of nitro benzene ring substituents is 1. The number of benzene rings is 2. The van der Waals surface area contributed by atoms with Crippen LogP contribution in [0.3, 0.4) is 0 Å². The fourth-order valence-corrected chi connectivity index (χ4v) is 4.28. The van der Waals surface area contributed by atoms with Gasteiger partial charge in [0.15, 0.2) is 4.34 Å². The topological polar surface area (TPSA) is 110 Å². The lowest BCUT2D eigenvalue weighted by molar-refractivity contribution is -0.384. The molecule has 0 unspecified atom stereocenters. The largest absolute Gasteiger partial charge is 0.330 e. The minimum atomic E-state index is -0.505. The van der Waals surface area contributed by atoms with E-state index < -0.39 is 4.92 Å². The summed E-state index contributed by atoms with van der Waals surface area (Å²) in [6, 6.07) is 8.65. The molecule has 0 bridgehead atoms. The van der Waals surface area contributed by atoms with E-state index >= 15 is 0 Å². The molecule has 0 aliphatic heterocycles. The normalized spacial score (nSPS) is 10.7. The van der Waals surface area contributed by atoms with Gasteiger partial charge in [-0.1, -0.05) is 46.8 Å². The van der Waals surface area contributed by atoms with Gasteiger partial charge in [0, 0.05) is 16.8 Å². The molecule has 2 N–H and O–H groups in total. The third-order valence-corrected chi connectivity index (χ3v) is 6.71. The van der Waals surface area contributed by atoms with E-state index in [1.807, 2.05) is 26.0 Å². The van der Waals surface area contributed by atoms with E-state index in [1.165, 1.54) is 29.2 Å². The number of amides is 1. The van der Waals surface area contributed by atoms with Gasteiger partial charge in [0.2, 0.25) is 11.0 Å². The molecule has 2 aromatic carbocycles. The molecule has 0 saturated heterocycles. The number of anilines is 3. The predicted molar refractivity (Wildman–Crippen MR) is 121 cm³/mol. The van der Waals surface area contributed by atoms with Crippen molar-refractivity contribution in [2.45, 2.75) is 25.1 Å².